The third-order valence-corrected chi connectivity index (χ3v) is 4.26. The van der Waals surface area contributed by atoms with Gasteiger partial charge in [-0.05, 0) is 82.0 Å². The van der Waals surface area contributed by atoms with Gasteiger partial charge in [0, 0.05) is 24.0 Å². The molecule has 0 aliphatic heterocycles. The van der Waals surface area contributed by atoms with E-state index in [9.17, 15) is 9.59 Å². The Morgan fingerprint density at radius 2 is 1.88 bits per heavy atom. The Morgan fingerprint density at radius 3 is 2.58 bits per heavy atom. The van der Waals surface area contributed by atoms with Crippen molar-refractivity contribution < 1.29 is 4.79 Å². The van der Waals surface area contributed by atoms with Crippen LogP contribution in [0.2, 0.25) is 0 Å². The summed E-state index contributed by atoms with van der Waals surface area (Å²) >= 11 is 0. The number of aromatic amines is 1. The fraction of sp³-hybridized carbons (Fsp3) is 0.474. The van der Waals surface area contributed by atoms with E-state index in [0.29, 0.717) is 24.9 Å². The van der Waals surface area contributed by atoms with Gasteiger partial charge in [-0.15, -0.1) is 0 Å². The smallest absolute Gasteiger partial charge is 0.251 e. The number of amides is 1. The number of pyridine rings is 1. The molecule has 1 heterocycles. The largest absolute Gasteiger partial charge is 0.356 e. The van der Waals surface area contributed by atoms with E-state index in [2.05, 4.69) is 28.2 Å². The van der Waals surface area contributed by atoms with Gasteiger partial charge in [0.2, 0.25) is 5.91 Å². The normalized spacial score (nSPS) is 11.2. The predicted octanol–water partition coefficient (Wildman–Crippen LogP) is 2.15. The van der Waals surface area contributed by atoms with Crippen LogP contribution in [-0.4, -0.2) is 43.0 Å². The highest BCUT2D eigenvalue weighted by atomic mass is 16.1. The second-order valence-electron chi connectivity index (χ2n) is 6.65. The molecular weight excluding hydrogens is 302 g/mol. The molecule has 24 heavy (non-hydrogen) atoms. The number of fused-ring (bicyclic) bond motifs is 1. The van der Waals surface area contributed by atoms with E-state index in [0.717, 1.165) is 29.4 Å². The lowest BCUT2D eigenvalue weighted by molar-refractivity contribution is -0.121. The molecule has 0 fully saturated rings. The Labute approximate surface area is 143 Å². The van der Waals surface area contributed by atoms with Gasteiger partial charge in [-0.25, -0.2) is 0 Å². The number of H-pyrrole nitrogens is 1. The summed E-state index contributed by atoms with van der Waals surface area (Å²) in [5.74, 6) is -0.00617. The number of rotatable bonds is 7. The topological polar surface area (TPSA) is 65.2 Å². The molecule has 0 radical (unpaired) electrons. The number of nitrogens with zero attached hydrogens (tertiary/aromatic N) is 1. The van der Waals surface area contributed by atoms with E-state index in [1.165, 1.54) is 5.56 Å². The molecule has 1 aromatic heterocycles. The van der Waals surface area contributed by atoms with Crippen LogP contribution in [-0.2, 0) is 11.2 Å². The summed E-state index contributed by atoms with van der Waals surface area (Å²) in [4.78, 5) is 29.1. The molecule has 5 nitrogen and oxygen atoms in total. The van der Waals surface area contributed by atoms with Gasteiger partial charge in [-0.2, -0.15) is 0 Å². The molecule has 5 heteroatoms. The molecule has 1 aromatic carbocycles. The first-order chi connectivity index (χ1) is 11.4. The van der Waals surface area contributed by atoms with E-state index in [4.69, 9.17) is 0 Å². The Hall–Kier alpha value is -2.14. The minimum atomic E-state index is -0.105. The highest BCUT2D eigenvalue weighted by molar-refractivity contribution is 5.81. The van der Waals surface area contributed by atoms with Crippen LogP contribution in [0.4, 0.5) is 0 Å². The predicted molar refractivity (Wildman–Crippen MR) is 98.5 cm³/mol. The monoisotopic (exact) mass is 329 g/mol. The van der Waals surface area contributed by atoms with Crippen LogP contribution < -0.4 is 10.9 Å². The molecule has 0 bridgehead atoms. The third-order valence-electron chi connectivity index (χ3n) is 4.26. The molecule has 2 rings (SSSR count). The van der Waals surface area contributed by atoms with Crippen LogP contribution in [0.5, 0.6) is 0 Å². The molecule has 2 N–H and O–H groups in total. The summed E-state index contributed by atoms with van der Waals surface area (Å²) in [5, 5.41) is 3.92. The zero-order valence-corrected chi connectivity index (χ0v) is 15.0. The van der Waals surface area contributed by atoms with E-state index in [1.54, 1.807) is 0 Å². The van der Waals surface area contributed by atoms with Crippen molar-refractivity contribution >= 4 is 16.8 Å². The maximum Gasteiger partial charge on any atom is 0.251 e. The van der Waals surface area contributed by atoms with Crippen LogP contribution in [0.25, 0.3) is 10.9 Å². The number of aromatic nitrogens is 1. The van der Waals surface area contributed by atoms with Gasteiger partial charge < -0.3 is 15.2 Å². The molecule has 0 saturated heterocycles. The molecule has 0 spiro atoms. The highest BCUT2D eigenvalue weighted by Crippen LogP contribution is 2.17. The number of aryl methyl sites for hydroxylation is 3. The second kappa shape index (κ2) is 8.11. The number of hydrogen-bond donors (Lipinski definition) is 2. The molecule has 0 saturated carbocycles. The number of carbonyl (C=O) groups excluding carboxylic acids is 1. The van der Waals surface area contributed by atoms with Crippen LogP contribution in [0.15, 0.2) is 23.0 Å². The third kappa shape index (κ3) is 4.93. The van der Waals surface area contributed by atoms with Crippen LogP contribution in [0.3, 0.4) is 0 Å². The van der Waals surface area contributed by atoms with Crippen molar-refractivity contribution in [3.05, 3.63) is 45.2 Å². The molecule has 130 valence electrons. The van der Waals surface area contributed by atoms with Crippen molar-refractivity contribution in [3.8, 4) is 0 Å². The van der Waals surface area contributed by atoms with Gasteiger partial charge in [-0.1, -0.05) is 0 Å². The zero-order valence-electron chi connectivity index (χ0n) is 15.0. The average Bonchev–Trinajstić information content (AvgIpc) is 2.51. The first-order valence-corrected chi connectivity index (χ1v) is 8.41. The van der Waals surface area contributed by atoms with Crippen LogP contribution in [0.1, 0.15) is 29.5 Å². The maximum absolute atomic E-state index is 12.2. The van der Waals surface area contributed by atoms with Crippen molar-refractivity contribution in [1.29, 1.82) is 0 Å². The van der Waals surface area contributed by atoms with Gasteiger partial charge in [0.15, 0.2) is 0 Å². The number of carbonyl (C=O) groups is 1. The second-order valence-corrected chi connectivity index (χ2v) is 6.65. The van der Waals surface area contributed by atoms with Gasteiger partial charge in [-0.3, -0.25) is 9.59 Å². The van der Waals surface area contributed by atoms with Crippen molar-refractivity contribution in [3.63, 3.8) is 0 Å². The van der Waals surface area contributed by atoms with Gasteiger partial charge in [0.25, 0.3) is 5.56 Å². The van der Waals surface area contributed by atoms with Crippen LogP contribution >= 0.6 is 0 Å². The van der Waals surface area contributed by atoms with Crippen molar-refractivity contribution in [2.45, 2.75) is 33.1 Å². The summed E-state index contributed by atoms with van der Waals surface area (Å²) in [6, 6.07) is 5.97. The summed E-state index contributed by atoms with van der Waals surface area (Å²) in [6.45, 7) is 5.70. The van der Waals surface area contributed by atoms with Gasteiger partial charge in [0.1, 0.15) is 0 Å². The maximum atomic E-state index is 12.2. The number of nitrogens with one attached hydrogen (secondary N) is 2. The standard InChI is InChI=1S/C19H27N3O2/c1-13-10-16-12-15(19(24)21-17(16)11-14(13)2)6-7-18(23)20-8-5-9-22(3)4/h10-12H,5-9H2,1-4H3,(H,20,23)(H,21,24). The fourth-order valence-corrected chi connectivity index (χ4v) is 2.67. The van der Waals surface area contributed by atoms with Crippen molar-refractivity contribution in [1.82, 2.24) is 15.2 Å². The summed E-state index contributed by atoms with van der Waals surface area (Å²) in [7, 11) is 4.02. The molecule has 0 aliphatic rings. The van der Waals surface area contributed by atoms with E-state index in [-0.39, 0.29) is 11.5 Å². The first kappa shape index (κ1) is 18.2. The Kier molecular flexibility index (Phi) is 6.15. The van der Waals surface area contributed by atoms with Gasteiger partial charge in [0.05, 0.1) is 0 Å². The van der Waals surface area contributed by atoms with E-state index in [1.807, 2.05) is 33.2 Å². The Bertz CT molecular complexity index is 778. The lowest BCUT2D eigenvalue weighted by Gasteiger charge is -2.10. The quantitative estimate of drug-likeness (QED) is 0.765. The SMILES string of the molecule is Cc1cc2cc(CCC(=O)NCCCN(C)C)c(=O)[nH]c2cc1C. The molecular formula is C19H27N3O2. The minimum absolute atomic E-state index is 0.00617. The van der Waals surface area contributed by atoms with Crippen LogP contribution in [0, 0.1) is 13.8 Å². The summed E-state index contributed by atoms with van der Waals surface area (Å²) in [6.07, 6.45) is 1.72. The summed E-state index contributed by atoms with van der Waals surface area (Å²) in [5.41, 5.74) is 3.75. The Morgan fingerprint density at radius 1 is 1.17 bits per heavy atom. The molecule has 1 amide bonds. The Balaban J connectivity index is 1.97. The van der Waals surface area contributed by atoms with Crippen molar-refractivity contribution in [2.24, 2.45) is 0 Å². The van der Waals surface area contributed by atoms with E-state index < -0.39 is 0 Å². The average molecular weight is 329 g/mol. The minimum Gasteiger partial charge on any atom is -0.356 e. The van der Waals surface area contributed by atoms with E-state index >= 15 is 0 Å². The zero-order chi connectivity index (χ0) is 17.7. The molecule has 0 atom stereocenters. The number of hydrogen-bond acceptors (Lipinski definition) is 3. The summed E-state index contributed by atoms with van der Waals surface area (Å²) < 4.78 is 0. The fourth-order valence-electron chi connectivity index (χ4n) is 2.67. The lowest BCUT2D eigenvalue weighted by atomic mass is 10.0. The lowest BCUT2D eigenvalue weighted by Crippen LogP contribution is -2.27. The van der Waals surface area contributed by atoms with Crippen molar-refractivity contribution in [2.75, 3.05) is 27.2 Å². The first-order valence-electron chi connectivity index (χ1n) is 8.41. The van der Waals surface area contributed by atoms with Gasteiger partial charge >= 0.3 is 0 Å². The molecule has 0 aliphatic carbocycles. The molecule has 0 unspecified atom stereocenters. The highest BCUT2D eigenvalue weighted by Gasteiger charge is 2.08. The number of benzene rings is 1. The molecule has 2 aromatic rings.